The Labute approximate surface area is 248 Å². The van der Waals surface area contributed by atoms with Gasteiger partial charge in [0.1, 0.15) is 17.1 Å². The van der Waals surface area contributed by atoms with Crippen molar-refractivity contribution in [3.63, 3.8) is 0 Å². The number of thioether (sulfide) groups is 2. The summed E-state index contributed by atoms with van der Waals surface area (Å²) in [5.74, 6) is -7.13. The third-order valence-corrected chi connectivity index (χ3v) is 7.00. The molecule has 0 saturated carbocycles. The lowest BCUT2D eigenvalue weighted by Crippen LogP contribution is -2.25. The van der Waals surface area contributed by atoms with Gasteiger partial charge in [0, 0.05) is 26.7 Å². The van der Waals surface area contributed by atoms with Gasteiger partial charge in [0.15, 0.2) is 0 Å². The van der Waals surface area contributed by atoms with Gasteiger partial charge in [-0.3, -0.25) is 9.59 Å². The van der Waals surface area contributed by atoms with Crippen molar-refractivity contribution in [2.45, 2.75) is 27.5 Å². The molecule has 4 aromatic rings. The van der Waals surface area contributed by atoms with Gasteiger partial charge in [-0.15, -0.1) is 0 Å². The number of furan rings is 1. The van der Waals surface area contributed by atoms with Crippen LogP contribution in [0.15, 0.2) is 105 Å². The molecule has 0 spiro atoms. The summed E-state index contributed by atoms with van der Waals surface area (Å²) < 4.78 is 95.6. The van der Waals surface area contributed by atoms with Crippen molar-refractivity contribution in [3.05, 3.63) is 102 Å². The van der Waals surface area contributed by atoms with E-state index in [2.05, 4.69) is 10.6 Å². The second kappa shape index (κ2) is 13.9. The molecule has 0 aliphatic carbocycles. The topological polar surface area (TPSA) is 71.3 Å². The van der Waals surface area contributed by atoms with Gasteiger partial charge in [0.2, 0.25) is 0 Å². The van der Waals surface area contributed by atoms with Gasteiger partial charge in [-0.2, -0.15) is 30.7 Å². The largest absolute Gasteiger partial charge is 0.457 e. The van der Waals surface area contributed by atoms with Crippen molar-refractivity contribution >= 4 is 52.8 Å². The second-order valence-corrected chi connectivity index (χ2v) is 10.7. The van der Waals surface area contributed by atoms with Crippen LogP contribution < -0.4 is 10.6 Å². The molecule has 0 atom stereocenters. The maximum absolute atomic E-state index is 13.2. The molecular formula is C29H19F7N2O3S2. The van der Waals surface area contributed by atoms with E-state index in [9.17, 15) is 40.3 Å². The zero-order chi connectivity index (χ0) is 31.1. The molecule has 14 heteroatoms. The highest BCUT2D eigenvalue weighted by Gasteiger charge is 2.30. The molecule has 0 aliphatic rings. The summed E-state index contributed by atoms with van der Waals surface area (Å²) in [6.45, 7) is 0. The number of alkyl halides is 7. The van der Waals surface area contributed by atoms with Crippen molar-refractivity contribution in [2.75, 3.05) is 10.6 Å². The molecule has 3 aromatic carbocycles. The predicted octanol–water partition coefficient (Wildman–Crippen LogP) is 9.26. The van der Waals surface area contributed by atoms with Crippen LogP contribution >= 0.6 is 23.5 Å². The molecule has 1 aromatic heterocycles. The zero-order valence-electron chi connectivity index (χ0n) is 21.5. The van der Waals surface area contributed by atoms with E-state index in [1.165, 1.54) is 72.8 Å². The van der Waals surface area contributed by atoms with Crippen LogP contribution in [0.2, 0.25) is 0 Å². The van der Waals surface area contributed by atoms with E-state index in [1.807, 2.05) is 0 Å². The number of nitrogens with one attached hydrogen (secondary N) is 2. The summed E-state index contributed by atoms with van der Waals surface area (Å²) >= 11 is 0.615. The van der Waals surface area contributed by atoms with E-state index in [1.54, 1.807) is 0 Å². The predicted molar refractivity (Wildman–Crippen MR) is 151 cm³/mol. The molecule has 0 radical (unpaired) electrons. The monoisotopic (exact) mass is 640 g/mol. The van der Waals surface area contributed by atoms with Gasteiger partial charge >= 0.3 is 6.18 Å². The standard InChI is InChI=1S/C29H19F7N2O3S2/c30-27(31)42-21-9-4-18(5-10-21)37-25(39)23(26(40)38-19-6-11-22(12-7-19)43-28(32)33)15-20-8-13-24(41-20)16-2-1-3-17(14-16)29(34,35)36/h1-15,27-28H,(H,37,39)(H,38,40). The molecule has 43 heavy (non-hydrogen) atoms. The third kappa shape index (κ3) is 9.16. The minimum Gasteiger partial charge on any atom is -0.457 e. The van der Waals surface area contributed by atoms with Crippen LogP contribution in [0.25, 0.3) is 17.4 Å². The van der Waals surface area contributed by atoms with Crippen LogP contribution in [0.1, 0.15) is 11.3 Å². The minimum atomic E-state index is -4.58. The van der Waals surface area contributed by atoms with Gasteiger partial charge in [0.05, 0.1) is 5.56 Å². The molecule has 2 N–H and O–H groups in total. The van der Waals surface area contributed by atoms with Crippen LogP contribution in [0, 0.1) is 0 Å². The summed E-state index contributed by atoms with van der Waals surface area (Å²) in [5, 5.41) is 4.97. The zero-order valence-corrected chi connectivity index (χ0v) is 23.1. The Balaban J connectivity index is 1.61. The lowest BCUT2D eigenvalue weighted by Gasteiger charge is -2.11. The van der Waals surface area contributed by atoms with E-state index in [0.717, 1.165) is 18.2 Å². The molecule has 2 amide bonds. The molecule has 5 nitrogen and oxygen atoms in total. The SMILES string of the molecule is O=C(Nc1ccc(SC(F)F)cc1)C(=Cc1ccc(-c2cccc(C(F)(F)F)c2)o1)C(=O)Nc1ccc(SC(F)F)cc1. The Hall–Kier alpha value is -4.17. The Morgan fingerprint density at radius 3 is 1.70 bits per heavy atom. The fourth-order valence-electron chi connectivity index (χ4n) is 3.65. The molecular weight excluding hydrogens is 621 g/mol. The number of hydrogen-bond acceptors (Lipinski definition) is 5. The van der Waals surface area contributed by atoms with E-state index >= 15 is 0 Å². The van der Waals surface area contributed by atoms with Gasteiger partial charge in [0.25, 0.3) is 23.3 Å². The average molecular weight is 641 g/mol. The number of carbonyl (C=O) groups is 2. The van der Waals surface area contributed by atoms with Crippen molar-refractivity contribution in [2.24, 2.45) is 0 Å². The minimum absolute atomic E-state index is 0.0387. The maximum atomic E-state index is 13.2. The number of carbonyl (C=O) groups excluding carboxylic acids is 2. The van der Waals surface area contributed by atoms with Gasteiger partial charge in [-0.05, 0) is 78.9 Å². The number of halogens is 7. The molecule has 0 aliphatic heterocycles. The molecule has 224 valence electrons. The molecule has 0 bridgehead atoms. The molecule has 0 unspecified atom stereocenters. The molecule has 0 saturated heterocycles. The molecule has 1 heterocycles. The van der Waals surface area contributed by atoms with Crippen molar-refractivity contribution < 1.29 is 44.7 Å². The highest BCUT2D eigenvalue weighted by molar-refractivity contribution is 7.99. The van der Waals surface area contributed by atoms with Crippen LogP contribution in [0.3, 0.4) is 0 Å². The Kier molecular flexibility index (Phi) is 10.2. The van der Waals surface area contributed by atoms with Gasteiger partial charge in [-0.1, -0.05) is 35.7 Å². The van der Waals surface area contributed by atoms with Crippen LogP contribution in [0.4, 0.5) is 42.1 Å². The highest BCUT2D eigenvalue weighted by atomic mass is 32.2. The lowest BCUT2D eigenvalue weighted by molar-refractivity contribution is -0.137. The summed E-state index contributed by atoms with van der Waals surface area (Å²) in [6.07, 6.45) is -3.51. The maximum Gasteiger partial charge on any atom is 0.416 e. The number of benzene rings is 3. The van der Waals surface area contributed by atoms with Crippen molar-refractivity contribution in [3.8, 4) is 11.3 Å². The third-order valence-electron chi connectivity index (χ3n) is 5.55. The fraction of sp³-hybridized carbons (Fsp3) is 0.103. The van der Waals surface area contributed by atoms with Crippen molar-refractivity contribution in [1.82, 2.24) is 0 Å². The van der Waals surface area contributed by atoms with Gasteiger partial charge in [-0.25, -0.2) is 0 Å². The van der Waals surface area contributed by atoms with Crippen LogP contribution in [-0.2, 0) is 15.8 Å². The Morgan fingerprint density at radius 2 is 1.23 bits per heavy atom. The number of amides is 2. The van der Waals surface area contributed by atoms with E-state index in [-0.39, 0.29) is 38.2 Å². The van der Waals surface area contributed by atoms with Crippen LogP contribution in [-0.4, -0.2) is 23.3 Å². The quantitative estimate of drug-likeness (QED) is 0.0595. The number of hydrogen-bond donors (Lipinski definition) is 2. The Morgan fingerprint density at radius 1 is 0.721 bits per heavy atom. The van der Waals surface area contributed by atoms with Crippen LogP contribution in [0.5, 0.6) is 0 Å². The lowest BCUT2D eigenvalue weighted by atomic mass is 10.1. The number of anilines is 2. The summed E-state index contributed by atoms with van der Waals surface area (Å²) in [5.41, 5.74) is -0.913. The number of rotatable bonds is 10. The molecule has 4 rings (SSSR count). The van der Waals surface area contributed by atoms with Crippen molar-refractivity contribution in [1.29, 1.82) is 0 Å². The first-order valence-electron chi connectivity index (χ1n) is 12.1. The summed E-state index contributed by atoms with van der Waals surface area (Å²) in [7, 11) is 0. The normalized spacial score (nSPS) is 11.5. The van der Waals surface area contributed by atoms with Gasteiger partial charge < -0.3 is 15.1 Å². The average Bonchev–Trinajstić information content (AvgIpc) is 3.42. The summed E-state index contributed by atoms with van der Waals surface area (Å²) in [4.78, 5) is 26.9. The fourth-order valence-corrected chi connectivity index (χ4v) is 4.64. The molecule has 0 fully saturated rings. The Bertz CT molecular complexity index is 1530. The first-order chi connectivity index (χ1) is 20.4. The van der Waals surface area contributed by atoms with E-state index in [0.29, 0.717) is 23.5 Å². The second-order valence-electron chi connectivity index (χ2n) is 8.55. The van der Waals surface area contributed by atoms with E-state index < -0.39 is 40.6 Å². The smallest absolute Gasteiger partial charge is 0.416 e. The highest BCUT2D eigenvalue weighted by Crippen LogP contribution is 2.33. The first kappa shape index (κ1) is 31.8. The summed E-state index contributed by atoms with van der Waals surface area (Å²) in [6, 6.07) is 17.9. The first-order valence-corrected chi connectivity index (χ1v) is 13.8. The van der Waals surface area contributed by atoms with E-state index in [4.69, 9.17) is 4.42 Å².